The van der Waals surface area contributed by atoms with Gasteiger partial charge in [0.25, 0.3) is 0 Å². The van der Waals surface area contributed by atoms with Crippen LogP contribution in [0.15, 0.2) is 12.1 Å². The first-order valence-electron chi connectivity index (χ1n) is 9.06. The third-order valence-corrected chi connectivity index (χ3v) is 5.92. The van der Waals surface area contributed by atoms with E-state index in [4.69, 9.17) is 34.7 Å². The summed E-state index contributed by atoms with van der Waals surface area (Å²) in [4.78, 5) is 0. The Morgan fingerprint density at radius 2 is 0.963 bits per heavy atom. The second kappa shape index (κ2) is 10.8. The normalized spacial score (nSPS) is 10.3. The van der Waals surface area contributed by atoms with Crippen molar-refractivity contribution in [1.82, 2.24) is 12.3 Å². The summed E-state index contributed by atoms with van der Waals surface area (Å²) in [6, 6.07) is 4.25. The summed E-state index contributed by atoms with van der Waals surface area (Å²) >= 11 is 13.4. The summed E-state index contributed by atoms with van der Waals surface area (Å²) in [5, 5.41) is 1.53. The lowest BCUT2D eigenvalue weighted by Crippen LogP contribution is -2.06. The highest BCUT2D eigenvalue weighted by atomic mass is 35.5. The standard InChI is InChI=1S/C21H28Cl2N2.2H3N/c1-5-12-9-14(18(22)16(7-3)20(12)24)11-15-10-13(6-2)21(25)17(8-4)19(15)23;;/h9-10H,5-8,11,24-25H2,1-4H3;2*1H3. The van der Waals surface area contributed by atoms with E-state index in [1.807, 2.05) is 0 Å². The molecule has 0 fully saturated rings. The van der Waals surface area contributed by atoms with Crippen LogP contribution < -0.4 is 23.8 Å². The van der Waals surface area contributed by atoms with Gasteiger partial charge in [0.15, 0.2) is 0 Å². The molecule has 0 aliphatic carbocycles. The minimum absolute atomic E-state index is 0. The lowest BCUT2D eigenvalue weighted by Gasteiger charge is -2.18. The van der Waals surface area contributed by atoms with Crippen molar-refractivity contribution in [1.29, 1.82) is 0 Å². The van der Waals surface area contributed by atoms with E-state index in [9.17, 15) is 0 Å². The molecule has 0 aliphatic rings. The van der Waals surface area contributed by atoms with E-state index in [1.54, 1.807) is 0 Å². The SMILES string of the molecule is CCc1cc(Cc2cc(CC)c(N)c(CC)c2Cl)c(Cl)c(CC)c1N.N.N. The van der Waals surface area contributed by atoms with Gasteiger partial charge in [-0.25, -0.2) is 0 Å². The fourth-order valence-corrected chi connectivity index (χ4v) is 4.17. The predicted octanol–water partition coefficient (Wildman–Crippen LogP) is 6.32. The number of hydrogen-bond donors (Lipinski definition) is 4. The molecule has 4 nitrogen and oxygen atoms in total. The molecule has 0 aliphatic heterocycles. The molecule has 0 aromatic heterocycles. The summed E-state index contributed by atoms with van der Waals surface area (Å²) in [7, 11) is 0. The minimum atomic E-state index is 0. The third-order valence-electron chi connectivity index (χ3n) is 4.98. The Morgan fingerprint density at radius 1 is 0.630 bits per heavy atom. The molecular weight excluding hydrogens is 379 g/mol. The quantitative estimate of drug-likeness (QED) is 0.414. The first-order chi connectivity index (χ1) is 11.9. The predicted molar refractivity (Wildman–Crippen MR) is 122 cm³/mol. The second-order valence-electron chi connectivity index (χ2n) is 6.39. The van der Waals surface area contributed by atoms with Crippen LogP contribution in [-0.2, 0) is 32.1 Å². The lowest BCUT2D eigenvalue weighted by molar-refractivity contribution is 1.04. The molecule has 0 saturated heterocycles. The molecule has 0 unspecified atom stereocenters. The van der Waals surface area contributed by atoms with Gasteiger partial charge in [-0.05, 0) is 59.1 Å². The first kappa shape index (κ1) is 25.5. The highest BCUT2D eigenvalue weighted by molar-refractivity contribution is 6.33. The van der Waals surface area contributed by atoms with E-state index >= 15 is 0 Å². The average molecular weight is 413 g/mol. The van der Waals surface area contributed by atoms with Crippen LogP contribution in [0.25, 0.3) is 0 Å². The minimum Gasteiger partial charge on any atom is -0.398 e. The topological polar surface area (TPSA) is 122 Å². The van der Waals surface area contributed by atoms with Gasteiger partial charge in [-0.15, -0.1) is 0 Å². The van der Waals surface area contributed by atoms with E-state index in [1.165, 1.54) is 0 Å². The van der Waals surface area contributed by atoms with Crippen LogP contribution in [0.2, 0.25) is 10.0 Å². The summed E-state index contributed by atoms with van der Waals surface area (Å²) in [6.07, 6.45) is 4.11. The molecule has 0 amide bonds. The Labute approximate surface area is 173 Å². The Morgan fingerprint density at radius 3 is 1.22 bits per heavy atom. The van der Waals surface area contributed by atoms with Crippen LogP contribution >= 0.6 is 23.2 Å². The summed E-state index contributed by atoms with van der Waals surface area (Å²) in [5.41, 5.74) is 20.7. The number of benzene rings is 2. The lowest BCUT2D eigenvalue weighted by atomic mass is 9.92. The molecule has 152 valence electrons. The molecule has 10 N–H and O–H groups in total. The molecule has 0 radical (unpaired) electrons. The molecule has 0 bridgehead atoms. The Kier molecular flexibility index (Phi) is 10.2. The number of hydrogen-bond acceptors (Lipinski definition) is 4. The molecule has 6 heteroatoms. The van der Waals surface area contributed by atoms with Crippen molar-refractivity contribution in [2.24, 2.45) is 0 Å². The second-order valence-corrected chi connectivity index (χ2v) is 7.15. The van der Waals surface area contributed by atoms with E-state index < -0.39 is 0 Å². The Balaban J connectivity index is 0.00000338. The fraction of sp³-hybridized carbons (Fsp3) is 0.429. The smallest absolute Gasteiger partial charge is 0.0493 e. The third kappa shape index (κ3) is 4.88. The number of anilines is 2. The van der Waals surface area contributed by atoms with Gasteiger partial charge in [-0.2, -0.15) is 0 Å². The van der Waals surface area contributed by atoms with Gasteiger partial charge in [-0.1, -0.05) is 63.0 Å². The van der Waals surface area contributed by atoms with Crippen LogP contribution in [0.1, 0.15) is 61.1 Å². The number of nitrogen functional groups attached to an aromatic ring is 2. The van der Waals surface area contributed by atoms with Gasteiger partial charge >= 0.3 is 0 Å². The monoisotopic (exact) mass is 412 g/mol. The summed E-state index contributed by atoms with van der Waals surface area (Å²) in [5.74, 6) is 0. The molecule has 2 rings (SSSR count). The molecule has 2 aromatic carbocycles. The summed E-state index contributed by atoms with van der Waals surface area (Å²) in [6.45, 7) is 8.40. The van der Waals surface area contributed by atoms with Gasteiger partial charge in [0.2, 0.25) is 0 Å². The number of halogens is 2. The first-order valence-corrected chi connectivity index (χ1v) is 9.82. The largest absolute Gasteiger partial charge is 0.398 e. The van der Waals surface area contributed by atoms with Gasteiger partial charge in [0.1, 0.15) is 0 Å². The van der Waals surface area contributed by atoms with Crippen molar-refractivity contribution in [3.63, 3.8) is 0 Å². The van der Waals surface area contributed by atoms with Crippen LogP contribution in [0.3, 0.4) is 0 Å². The van der Waals surface area contributed by atoms with Crippen molar-refractivity contribution >= 4 is 34.6 Å². The highest BCUT2D eigenvalue weighted by Gasteiger charge is 2.17. The maximum absolute atomic E-state index is 6.68. The number of aryl methyl sites for hydroxylation is 2. The molecule has 0 atom stereocenters. The van der Waals surface area contributed by atoms with Gasteiger partial charge in [-0.3, -0.25) is 0 Å². The Hall–Kier alpha value is -1.46. The maximum atomic E-state index is 6.68. The van der Waals surface area contributed by atoms with Crippen molar-refractivity contribution in [3.8, 4) is 0 Å². The number of nitrogens with two attached hydrogens (primary N) is 2. The van der Waals surface area contributed by atoms with Gasteiger partial charge < -0.3 is 23.8 Å². The van der Waals surface area contributed by atoms with Crippen LogP contribution in [-0.4, -0.2) is 0 Å². The van der Waals surface area contributed by atoms with Gasteiger partial charge in [0.05, 0.1) is 0 Å². The molecule has 0 saturated carbocycles. The summed E-state index contributed by atoms with van der Waals surface area (Å²) < 4.78 is 0. The zero-order valence-electron chi connectivity index (χ0n) is 17.0. The fourth-order valence-electron chi connectivity index (χ4n) is 3.45. The Bertz CT molecular complexity index is 723. The van der Waals surface area contributed by atoms with Crippen molar-refractivity contribution in [3.05, 3.63) is 55.6 Å². The van der Waals surface area contributed by atoms with E-state index in [0.29, 0.717) is 6.42 Å². The molecule has 2 aromatic rings. The maximum Gasteiger partial charge on any atom is 0.0493 e. The van der Waals surface area contributed by atoms with E-state index in [2.05, 4.69) is 39.8 Å². The van der Waals surface area contributed by atoms with E-state index in [0.717, 1.165) is 80.5 Å². The van der Waals surface area contributed by atoms with Crippen molar-refractivity contribution in [2.75, 3.05) is 11.5 Å². The van der Waals surface area contributed by atoms with Crippen molar-refractivity contribution in [2.45, 2.75) is 59.8 Å². The molecule has 0 spiro atoms. The van der Waals surface area contributed by atoms with Crippen molar-refractivity contribution < 1.29 is 0 Å². The molecular formula is C21H34Cl2N4. The van der Waals surface area contributed by atoms with Crippen LogP contribution in [0, 0.1) is 0 Å². The van der Waals surface area contributed by atoms with Crippen LogP contribution in [0.5, 0.6) is 0 Å². The molecule has 0 heterocycles. The van der Waals surface area contributed by atoms with Gasteiger partial charge in [0, 0.05) is 27.8 Å². The van der Waals surface area contributed by atoms with E-state index in [-0.39, 0.29) is 12.3 Å². The average Bonchev–Trinajstić information content (AvgIpc) is 2.60. The zero-order chi connectivity index (χ0) is 18.7. The van der Waals surface area contributed by atoms with Crippen LogP contribution in [0.4, 0.5) is 11.4 Å². The molecule has 27 heavy (non-hydrogen) atoms. The zero-order valence-corrected chi connectivity index (χ0v) is 18.5. The number of rotatable bonds is 6. The highest BCUT2D eigenvalue weighted by Crippen LogP contribution is 2.36.